The van der Waals surface area contributed by atoms with Gasteiger partial charge in [-0.2, -0.15) is 0 Å². The van der Waals surface area contributed by atoms with Crippen LogP contribution in [-0.2, 0) is 6.42 Å². The standard InChI is InChI=1S/C16H17BrO/c1-11-9-15(17)12(2)8-14(11)16(18)10-13-6-4-3-5-7-13/h3-9,16,18H,10H2,1-2H3. The van der Waals surface area contributed by atoms with Crippen LogP contribution in [0.4, 0.5) is 0 Å². The second-order valence-electron chi connectivity index (χ2n) is 4.66. The van der Waals surface area contributed by atoms with E-state index < -0.39 is 6.10 Å². The molecule has 0 heterocycles. The van der Waals surface area contributed by atoms with Gasteiger partial charge < -0.3 is 5.11 Å². The lowest BCUT2D eigenvalue weighted by atomic mass is 9.96. The molecule has 1 unspecified atom stereocenters. The first-order valence-corrected chi connectivity index (χ1v) is 6.86. The molecule has 0 fully saturated rings. The van der Waals surface area contributed by atoms with Gasteiger partial charge >= 0.3 is 0 Å². The van der Waals surface area contributed by atoms with E-state index >= 15 is 0 Å². The van der Waals surface area contributed by atoms with Gasteiger partial charge in [-0.25, -0.2) is 0 Å². The fraction of sp³-hybridized carbons (Fsp3) is 0.250. The zero-order valence-corrected chi connectivity index (χ0v) is 12.2. The maximum atomic E-state index is 10.4. The topological polar surface area (TPSA) is 20.2 Å². The number of aryl methyl sites for hydroxylation is 2. The Bertz CT molecular complexity index is 534. The van der Waals surface area contributed by atoms with E-state index in [0.717, 1.165) is 26.7 Å². The lowest BCUT2D eigenvalue weighted by Crippen LogP contribution is -2.04. The number of rotatable bonds is 3. The molecular weight excluding hydrogens is 288 g/mol. The molecule has 0 aliphatic rings. The van der Waals surface area contributed by atoms with Gasteiger partial charge in [-0.05, 0) is 42.2 Å². The minimum atomic E-state index is -0.445. The Kier molecular flexibility index (Phi) is 4.20. The van der Waals surface area contributed by atoms with Gasteiger partial charge in [0, 0.05) is 10.9 Å². The van der Waals surface area contributed by atoms with Gasteiger partial charge in [-0.1, -0.05) is 52.3 Å². The van der Waals surface area contributed by atoms with Crippen molar-refractivity contribution in [1.82, 2.24) is 0 Å². The first kappa shape index (κ1) is 13.3. The molecule has 2 rings (SSSR count). The quantitative estimate of drug-likeness (QED) is 0.894. The van der Waals surface area contributed by atoms with Crippen LogP contribution in [0.5, 0.6) is 0 Å². The summed E-state index contributed by atoms with van der Waals surface area (Å²) < 4.78 is 1.09. The molecule has 2 aromatic rings. The van der Waals surface area contributed by atoms with E-state index in [1.165, 1.54) is 0 Å². The molecule has 0 bridgehead atoms. The Morgan fingerprint density at radius 3 is 2.39 bits per heavy atom. The van der Waals surface area contributed by atoms with E-state index in [2.05, 4.69) is 28.1 Å². The van der Waals surface area contributed by atoms with Crippen LogP contribution in [0.25, 0.3) is 0 Å². The van der Waals surface area contributed by atoms with Crippen molar-refractivity contribution in [1.29, 1.82) is 0 Å². The van der Waals surface area contributed by atoms with Crippen LogP contribution in [0.15, 0.2) is 46.9 Å². The smallest absolute Gasteiger partial charge is 0.0833 e. The fourth-order valence-electron chi connectivity index (χ4n) is 2.11. The molecule has 0 radical (unpaired) electrons. The Balaban J connectivity index is 2.24. The lowest BCUT2D eigenvalue weighted by molar-refractivity contribution is 0.177. The zero-order valence-electron chi connectivity index (χ0n) is 10.7. The molecule has 94 valence electrons. The minimum absolute atomic E-state index is 0.445. The highest BCUT2D eigenvalue weighted by Crippen LogP contribution is 2.27. The van der Waals surface area contributed by atoms with E-state index in [0.29, 0.717) is 6.42 Å². The molecule has 0 aliphatic heterocycles. The summed E-state index contributed by atoms with van der Waals surface area (Å²) in [7, 11) is 0. The van der Waals surface area contributed by atoms with Crippen molar-refractivity contribution in [2.75, 3.05) is 0 Å². The van der Waals surface area contributed by atoms with Gasteiger partial charge in [0.05, 0.1) is 6.10 Å². The lowest BCUT2D eigenvalue weighted by Gasteiger charge is -2.15. The molecule has 1 atom stereocenters. The number of halogens is 1. The van der Waals surface area contributed by atoms with E-state index in [1.807, 2.05) is 44.2 Å². The average molecular weight is 305 g/mol. The molecule has 2 heteroatoms. The molecular formula is C16H17BrO. The van der Waals surface area contributed by atoms with E-state index in [1.54, 1.807) is 0 Å². The third-order valence-electron chi connectivity index (χ3n) is 3.18. The number of hydrogen-bond acceptors (Lipinski definition) is 1. The van der Waals surface area contributed by atoms with Gasteiger partial charge in [-0.15, -0.1) is 0 Å². The second kappa shape index (κ2) is 5.68. The summed E-state index contributed by atoms with van der Waals surface area (Å²) in [5.74, 6) is 0. The third kappa shape index (κ3) is 3.01. The van der Waals surface area contributed by atoms with Crippen molar-refractivity contribution in [3.63, 3.8) is 0 Å². The van der Waals surface area contributed by atoms with Crippen LogP contribution in [0, 0.1) is 13.8 Å². The highest BCUT2D eigenvalue weighted by Gasteiger charge is 2.12. The van der Waals surface area contributed by atoms with Crippen molar-refractivity contribution in [2.24, 2.45) is 0 Å². The maximum absolute atomic E-state index is 10.4. The van der Waals surface area contributed by atoms with Crippen LogP contribution in [0.3, 0.4) is 0 Å². The SMILES string of the molecule is Cc1cc(C(O)Cc2ccccc2)c(C)cc1Br. The predicted molar refractivity (Wildman–Crippen MR) is 78.7 cm³/mol. The zero-order chi connectivity index (χ0) is 13.1. The number of benzene rings is 2. The fourth-order valence-corrected chi connectivity index (χ4v) is 2.57. The molecule has 0 aliphatic carbocycles. The summed E-state index contributed by atoms with van der Waals surface area (Å²) in [4.78, 5) is 0. The van der Waals surface area contributed by atoms with Crippen LogP contribution in [0.2, 0.25) is 0 Å². The third-order valence-corrected chi connectivity index (χ3v) is 4.03. The number of aliphatic hydroxyl groups excluding tert-OH is 1. The molecule has 0 saturated heterocycles. The highest BCUT2D eigenvalue weighted by molar-refractivity contribution is 9.10. The molecule has 1 N–H and O–H groups in total. The number of hydrogen-bond donors (Lipinski definition) is 1. The summed E-state index contributed by atoms with van der Waals surface area (Å²) in [5.41, 5.74) is 4.45. The Hall–Kier alpha value is -1.12. The summed E-state index contributed by atoms with van der Waals surface area (Å²) in [6.45, 7) is 4.08. The number of aliphatic hydroxyl groups is 1. The first-order valence-electron chi connectivity index (χ1n) is 6.06. The molecule has 0 saturated carbocycles. The van der Waals surface area contributed by atoms with Crippen molar-refractivity contribution >= 4 is 15.9 Å². The van der Waals surface area contributed by atoms with Crippen LogP contribution in [0.1, 0.15) is 28.4 Å². The van der Waals surface area contributed by atoms with Gasteiger partial charge in [0.15, 0.2) is 0 Å². The Labute approximate surface area is 117 Å². The van der Waals surface area contributed by atoms with Crippen LogP contribution >= 0.6 is 15.9 Å². The average Bonchev–Trinajstić information content (AvgIpc) is 2.35. The summed E-state index contributed by atoms with van der Waals surface area (Å²) >= 11 is 3.51. The molecule has 2 aromatic carbocycles. The van der Waals surface area contributed by atoms with E-state index in [4.69, 9.17) is 0 Å². The predicted octanol–water partition coefficient (Wildman–Crippen LogP) is 4.34. The molecule has 0 spiro atoms. The molecule has 0 aromatic heterocycles. The second-order valence-corrected chi connectivity index (χ2v) is 5.52. The summed E-state index contributed by atoms with van der Waals surface area (Å²) in [5, 5.41) is 10.4. The first-order chi connectivity index (χ1) is 8.58. The van der Waals surface area contributed by atoms with Crippen molar-refractivity contribution in [3.05, 3.63) is 69.2 Å². The van der Waals surface area contributed by atoms with Gasteiger partial charge in [-0.3, -0.25) is 0 Å². The maximum Gasteiger partial charge on any atom is 0.0833 e. The van der Waals surface area contributed by atoms with E-state index in [-0.39, 0.29) is 0 Å². The van der Waals surface area contributed by atoms with Crippen molar-refractivity contribution in [3.8, 4) is 0 Å². The van der Waals surface area contributed by atoms with Crippen LogP contribution < -0.4 is 0 Å². The largest absolute Gasteiger partial charge is 0.388 e. The summed E-state index contributed by atoms with van der Waals surface area (Å²) in [6.07, 6.45) is 0.210. The van der Waals surface area contributed by atoms with E-state index in [9.17, 15) is 5.11 Å². The monoisotopic (exact) mass is 304 g/mol. The van der Waals surface area contributed by atoms with Crippen molar-refractivity contribution in [2.45, 2.75) is 26.4 Å². The minimum Gasteiger partial charge on any atom is -0.388 e. The van der Waals surface area contributed by atoms with Crippen molar-refractivity contribution < 1.29 is 5.11 Å². The van der Waals surface area contributed by atoms with Gasteiger partial charge in [0.1, 0.15) is 0 Å². The van der Waals surface area contributed by atoms with Crippen LogP contribution in [-0.4, -0.2) is 5.11 Å². The normalized spacial score (nSPS) is 12.4. The summed E-state index contributed by atoms with van der Waals surface area (Å²) in [6, 6.07) is 14.2. The highest BCUT2D eigenvalue weighted by atomic mass is 79.9. The van der Waals surface area contributed by atoms with Gasteiger partial charge in [0.2, 0.25) is 0 Å². The Morgan fingerprint density at radius 1 is 1.06 bits per heavy atom. The molecule has 18 heavy (non-hydrogen) atoms. The molecule has 0 amide bonds. The Morgan fingerprint density at radius 2 is 1.72 bits per heavy atom. The van der Waals surface area contributed by atoms with Gasteiger partial charge in [0.25, 0.3) is 0 Å². The molecule has 1 nitrogen and oxygen atoms in total.